The van der Waals surface area contributed by atoms with Crippen LogP contribution in [0, 0.1) is 0 Å². The highest BCUT2D eigenvalue weighted by molar-refractivity contribution is 7.88. The predicted molar refractivity (Wildman–Crippen MR) is 47.3 cm³/mol. The minimum atomic E-state index is -4.60. The lowest BCUT2D eigenvalue weighted by Gasteiger charge is -2.04. The molecule has 14 heavy (non-hydrogen) atoms. The predicted octanol–water partition coefficient (Wildman–Crippen LogP) is 1.45. The van der Waals surface area contributed by atoms with Gasteiger partial charge < -0.3 is 9.47 Å². The van der Waals surface area contributed by atoms with Gasteiger partial charge in [0, 0.05) is 10.9 Å². The van der Waals surface area contributed by atoms with Crippen LogP contribution in [-0.2, 0) is 19.7 Å². The molecule has 4 nitrogen and oxygen atoms in total. The van der Waals surface area contributed by atoms with Crippen LogP contribution in [-0.4, -0.2) is 21.6 Å². The van der Waals surface area contributed by atoms with Gasteiger partial charge in [-0.25, -0.2) is 0 Å². The minimum absolute atomic E-state index is 0.313. The van der Waals surface area contributed by atoms with E-state index in [-0.39, 0.29) is 4.21 Å². The summed E-state index contributed by atoms with van der Waals surface area (Å²) in [6, 6.07) is 1.23. The summed E-state index contributed by atoms with van der Waals surface area (Å²) in [7, 11) is -4.60. The van der Waals surface area contributed by atoms with Gasteiger partial charge in [-0.05, 0) is 6.07 Å². The van der Waals surface area contributed by atoms with E-state index in [0.29, 0.717) is 18.8 Å². The molecule has 0 aliphatic carbocycles. The Bertz CT molecular complexity index is 419. The minimum Gasteiger partial charge on any atom is -0.346 e. The molecule has 1 aliphatic heterocycles. The number of halogens is 1. The molecule has 0 atom stereocenters. The Hall–Kier alpha value is -0.500. The Labute approximate surface area is 84.5 Å². The van der Waals surface area contributed by atoms with Crippen molar-refractivity contribution in [3.63, 3.8) is 0 Å². The molecule has 0 radical (unpaired) electrons. The van der Waals surface area contributed by atoms with E-state index >= 15 is 0 Å². The van der Waals surface area contributed by atoms with Gasteiger partial charge in [0.05, 0.1) is 13.2 Å². The highest BCUT2D eigenvalue weighted by Crippen LogP contribution is 2.30. The van der Waals surface area contributed by atoms with Gasteiger partial charge in [0.1, 0.15) is 0 Å². The number of rotatable bonds is 2. The highest BCUT2D eigenvalue weighted by Gasteiger charge is 2.23. The van der Waals surface area contributed by atoms with E-state index in [4.69, 9.17) is 9.47 Å². The van der Waals surface area contributed by atoms with Crippen LogP contribution in [0.3, 0.4) is 0 Å². The molecule has 2 rings (SSSR count). The summed E-state index contributed by atoms with van der Waals surface area (Å²) in [6.07, 6.45) is -0.554. The molecule has 0 spiro atoms. The second kappa shape index (κ2) is 3.58. The van der Waals surface area contributed by atoms with Crippen LogP contribution >= 0.6 is 11.3 Å². The zero-order chi connectivity index (χ0) is 10.2. The van der Waals surface area contributed by atoms with Crippen molar-refractivity contribution in [2.45, 2.75) is 10.5 Å². The first-order chi connectivity index (χ1) is 6.57. The smallest absolute Gasteiger partial charge is 0.341 e. The molecule has 1 saturated heterocycles. The van der Waals surface area contributed by atoms with E-state index in [9.17, 15) is 12.3 Å². The lowest BCUT2D eigenvalue weighted by atomic mass is 10.3. The van der Waals surface area contributed by atoms with Crippen LogP contribution < -0.4 is 0 Å². The monoisotopic (exact) mass is 238 g/mol. The summed E-state index contributed by atoms with van der Waals surface area (Å²) in [5.41, 5.74) is 0.545. The van der Waals surface area contributed by atoms with Crippen LogP contribution in [0.15, 0.2) is 15.7 Å². The van der Waals surface area contributed by atoms with Crippen molar-refractivity contribution in [1.82, 2.24) is 0 Å². The highest BCUT2D eigenvalue weighted by atomic mass is 32.3. The number of ether oxygens (including phenoxy) is 2. The Kier molecular flexibility index (Phi) is 2.56. The molecule has 7 heteroatoms. The normalized spacial score (nSPS) is 18.9. The van der Waals surface area contributed by atoms with E-state index in [0.717, 1.165) is 11.3 Å². The zero-order valence-corrected chi connectivity index (χ0v) is 8.61. The molecule has 1 aromatic heterocycles. The second-order valence-corrected chi connectivity index (χ2v) is 5.20. The van der Waals surface area contributed by atoms with Crippen LogP contribution in [0.25, 0.3) is 0 Å². The molecular weight excluding hydrogens is 231 g/mol. The maximum absolute atomic E-state index is 12.5. The van der Waals surface area contributed by atoms with E-state index in [1.165, 1.54) is 11.4 Å². The Morgan fingerprint density at radius 1 is 1.43 bits per heavy atom. The molecule has 0 bridgehead atoms. The van der Waals surface area contributed by atoms with Crippen molar-refractivity contribution in [2.24, 2.45) is 0 Å². The average molecular weight is 238 g/mol. The van der Waals surface area contributed by atoms with E-state index in [2.05, 4.69) is 0 Å². The van der Waals surface area contributed by atoms with Gasteiger partial charge in [-0.3, -0.25) is 0 Å². The van der Waals surface area contributed by atoms with Gasteiger partial charge in [-0.15, -0.1) is 11.3 Å². The van der Waals surface area contributed by atoms with Gasteiger partial charge in [-0.2, -0.15) is 8.42 Å². The van der Waals surface area contributed by atoms with E-state index < -0.39 is 16.5 Å². The van der Waals surface area contributed by atoms with Crippen LogP contribution in [0.1, 0.15) is 11.9 Å². The number of hydrogen-bond acceptors (Lipinski definition) is 5. The van der Waals surface area contributed by atoms with Crippen LogP contribution in [0.2, 0.25) is 0 Å². The van der Waals surface area contributed by atoms with Crippen LogP contribution in [0.4, 0.5) is 3.89 Å². The molecule has 0 amide bonds. The molecule has 0 aromatic carbocycles. The maximum atomic E-state index is 12.5. The average Bonchev–Trinajstić information content (AvgIpc) is 2.73. The Morgan fingerprint density at radius 2 is 2.07 bits per heavy atom. The number of thiophene rings is 1. The fraction of sp³-hybridized carbons (Fsp3) is 0.429. The van der Waals surface area contributed by atoms with Gasteiger partial charge in [0.15, 0.2) is 10.5 Å². The zero-order valence-electron chi connectivity index (χ0n) is 6.97. The van der Waals surface area contributed by atoms with E-state index in [1.807, 2.05) is 0 Å². The summed E-state index contributed by atoms with van der Waals surface area (Å²) < 4.78 is 43.5. The Morgan fingerprint density at radius 3 is 2.57 bits per heavy atom. The first-order valence-corrected chi connectivity index (χ1v) is 6.10. The molecular formula is C7H7FO4S2. The third-order valence-electron chi connectivity index (χ3n) is 1.73. The largest absolute Gasteiger partial charge is 0.346 e. The van der Waals surface area contributed by atoms with E-state index in [1.54, 1.807) is 0 Å². The van der Waals surface area contributed by atoms with Crippen LogP contribution in [0.5, 0.6) is 0 Å². The molecule has 0 unspecified atom stereocenters. The first kappa shape index (κ1) is 10.0. The molecule has 78 valence electrons. The van der Waals surface area contributed by atoms with Gasteiger partial charge in [0.25, 0.3) is 0 Å². The first-order valence-electron chi connectivity index (χ1n) is 3.84. The summed E-state index contributed by atoms with van der Waals surface area (Å²) in [5, 5.41) is 1.52. The van der Waals surface area contributed by atoms with Crippen molar-refractivity contribution in [3.05, 3.63) is 17.0 Å². The van der Waals surface area contributed by atoms with Gasteiger partial charge in [0.2, 0.25) is 0 Å². The molecule has 0 saturated carbocycles. The fourth-order valence-corrected chi connectivity index (χ4v) is 2.65. The summed E-state index contributed by atoms with van der Waals surface area (Å²) in [6.45, 7) is 0.941. The summed E-state index contributed by atoms with van der Waals surface area (Å²) in [4.78, 5) is 0. The second-order valence-electron chi connectivity index (χ2n) is 2.71. The van der Waals surface area contributed by atoms with Gasteiger partial charge >= 0.3 is 10.2 Å². The van der Waals surface area contributed by atoms with Gasteiger partial charge in [-0.1, -0.05) is 3.89 Å². The van der Waals surface area contributed by atoms with Crippen molar-refractivity contribution < 1.29 is 21.8 Å². The number of hydrogen-bond donors (Lipinski definition) is 0. The van der Waals surface area contributed by atoms with Crippen molar-refractivity contribution in [2.75, 3.05) is 13.2 Å². The molecule has 0 N–H and O–H groups in total. The molecule has 1 aliphatic rings. The lowest BCUT2D eigenvalue weighted by Crippen LogP contribution is -1.95. The molecule has 1 fully saturated rings. The maximum Gasteiger partial charge on any atom is 0.341 e. The molecule has 1 aromatic rings. The van der Waals surface area contributed by atoms with Crippen molar-refractivity contribution >= 4 is 21.6 Å². The molecule has 2 heterocycles. The standard InChI is InChI=1S/C7H7FO4S2/c8-14(9,10)6-3-5(4-13-6)7-11-1-2-12-7/h3-4,7H,1-2H2. The van der Waals surface area contributed by atoms with Crippen molar-refractivity contribution in [3.8, 4) is 0 Å². The fourth-order valence-electron chi connectivity index (χ4n) is 1.13. The third-order valence-corrected chi connectivity index (χ3v) is 3.95. The summed E-state index contributed by atoms with van der Waals surface area (Å²) in [5.74, 6) is 0. The Balaban J connectivity index is 2.25. The third kappa shape index (κ3) is 1.95. The quantitative estimate of drug-likeness (QED) is 0.732. The summed E-state index contributed by atoms with van der Waals surface area (Å²) >= 11 is 0.820. The SMILES string of the molecule is O=S(=O)(F)c1cc(C2OCCO2)cs1. The topological polar surface area (TPSA) is 52.6 Å². The lowest BCUT2D eigenvalue weighted by molar-refractivity contribution is -0.0438. The van der Waals surface area contributed by atoms with Crippen molar-refractivity contribution in [1.29, 1.82) is 0 Å².